The van der Waals surface area contributed by atoms with Crippen LogP contribution in [0.5, 0.6) is 0 Å². The highest BCUT2D eigenvalue weighted by atomic mass is 79.9. The topological polar surface area (TPSA) is 58.2 Å². The van der Waals surface area contributed by atoms with Crippen molar-refractivity contribution in [1.29, 1.82) is 0 Å². The van der Waals surface area contributed by atoms with Crippen molar-refractivity contribution in [2.75, 3.05) is 6.54 Å². The molecular weight excluding hydrogens is 308 g/mol. The fourth-order valence-corrected chi connectivity index (χ4v) is 2.44. The second kappa shape index (κ2) is 6.19. The minimum atomic E-state index is -0.222. The van der Waals surface area contributed by atoms with Crippen molar-refractivity contribution in [3.05, 3.63) is 34.3 Å². The molecule has 1 aliphatic heterocycles. The third-order valence-electron chi connectivity index (χ3n) is 3.19. The van der Waals surface area contributed by atoms with E-state index in [1.807, 2.05) is 31.2 Å². The molecule has 1 fully saturated rings. The number of carbonyl (C=O) groups is 2. The Kier molecular flexibility index (Phi) is 4.58. The maximum atomic E-state index is 11.9. The molecule has 1 aromatic carbocycles. The van der Waals surface area contributed by atoms with Crippen LogP contribution in [0, 0.1) is 5.92 Å². The van der Waals surface area contributed by atoms with Crippen LogP contribution in [-0.4, -0.2) is 24.4 Å². The molecule has 19 heavy (non-hydrogen) atoms. The van der Waals surface area contributed by atoms with Crippen molar-refractivity contribution in [3.8, 4) is 0 Å². The summed E-state index contributed by atoms with van der Waals surface area (Å²) in [6, 6.07) is 8.11. The summed E-state index contributed by atoms with van der Waals surface area (Å²) in [5.41, 5.74) is 1.18. The first kappa shape index (κ1) is 14.1. The molecule has 0 radical (unpaired) electrons. The first-order valence-corrected chi connectivity index (χ1v) is 7.15. The third kappa shape index (κ3) is 4.06. The van der Waals surface area contributed by atoms with Crippen LogP contribution in [-0.2, 0) is 16.0 Å². The summed E-state index contributed by atoms with van der Waals surface area (Å²) in [5, 5.41) is 5.64. The summed E-state index contributed by atoms with van der Waals surface area (Å²) < 4.78 is 1.04. The zero-order valence-corrected chi connectivity index (χ0v) is 12.4. The molecule has 2 N–H and O–H groups in total. The Bertz CT molecular complexity index is 473. The van der Waals surface area contributed by atoms with E-state index in [1.54, 1.807) is 0 Å². The van der Waals surface area contributed by atoms with Crippen LogP contribution in [0.1, 0.15) is 18.9 Å². The molecule has 2 atom stereocenters. The molecule has 2 unspecified atom stereocenters. The largest absolute Gasteiger partial charge is 0.355 e. The Morgan fingerprint density at radius 2 is 2.16 bits per heavy atom. The van der Waals surface area contributed by atoms with Gasteiger partial charge in [0.25, 0.3) is 0 Å². The molecule has 1 aliphatic rings. The molecule has 4 nitrogen and oxygen atoms in total. The van der Waals surface area contributed by atoms with E-state index in [0.29, 0.717) is 13.0 Å². The van der Waals surface area contributed by atoms with Gasteiger partial charge in [-0.25, -0.2) is 0 Å². The molecule has 1 aromatic rings. The van der Waals surface area contributed by atoms with E-state index in [4.69, 9.17) is 0 Å². The first-order valence-electron chi connectivity index (χ1n) is 6.36. The van der Waals surface area contributed by atoms with Gasteiger partial charge in [0.1, 0.15) is 0 Å². The second-order valence-electron chi connectivity index (χ2n) is 4.95. The summed E-state index contributed by atoms with van der Waals surface area (Å²) in [6.07, 6.45) is 1.09. The summed E-state index contributed by atoms with van der Waals surface area (Å²) in [6.45, 7) is 2.43. The highest BCUT2D eigenvalue weighted by Crippen LogP contribution is 2.13. The van der Waals surface area contributed by atoms with E-state index in [9.17, 15) is 9.59 Å². The fourth-order valence-electron chi connectivity index (χ4n) is 2.18. The highest BCUT2D eigenvalue weighted by molar-refractivity contribution is 9.10. The molecule has 0 saturated carbocycles. The van der Waals surface area contributed by atoms with Crippen LogP contribution in [0.2, 0.25) is 0 Å². The monoisotopic (exact) mass is 324 g/mol. The van der Waals surface area contributed by atoms with E-state index in [-0.39, 0.29) is 23.8 Å². The van der Waals surface area contributed by atoms with Crippen molar-refractivity contribution < 1.29 is 9.59 Å². The maximum absolute atomic E-state index is 11.9. The number of halogens is 1. The Hall–Kier alpha value is -1.36. The quantitative estimate of drug-likeness (QED) is 0.884. The molecule has 2 amide bonds. The summed E-state index contributed by atoms with van der Waals surface area (Å²) in [7, 11) is 0. The van der Waals surface area contributed by atoms with E-state index >= 15 is 0 Å². The summed E-state index contributed by atoms with van der Waals surface area (Å²) in [4.78, 5) is 23.0. The van der Waals surface area contributed by atoms with Gasteiger partial charge in [0.05, 0.1) is 5.92 Å². The van der Waals surface area contributed by atoms with Crippen LogP contribution in [0.4, 0.5) is 0 Å². The standard InChI is InChI=1S/C14H17BrN2O2/c1-9(6-10-2-4-12(15)5-3-10)17-14(19)11-7-13(18)16-8-11/h2-5,9,11H,6-8H2,1H3,(H,16,18)(H,17,19). The number of nitrogens with one attached hydrogen (secondary N) is 2. The molecule has 1 saturated heterocycles. The number of benzene rings is 1. The van der Waals surface area contributed by atoms with E-state index < -0.39 is 0 Å². The lowest BCUT2D eigenvalue weighted by Crippen LogP contribution is -2.39. The van der Waals surface area contributed by atoms with E-state index in [0.717, 1.165) is 10.9 Å². The van der Waals surface area contributed by atoms with E-state index in [1.165, 1.54) is 5.56 Å². The molecule has 0 bridgehead atoms. The zero-order chi connectivity index (χ0) is 13.8. The number of hydrogen-bond acceptors (Lipinski definition) is 2. The van der Waals surface area contributed by atoms with Gasteiger partial charge < -0.3 is 10.6 Å². The Morgan fingerprint density at radius 1 is 1.47 bits per heavy atom. The first-order chi connectivity index (χ1) is 9.04. The molecule has 2 rings (SSSR count). The van der Waals surface area contributed by atoms with Gasteiger partial charge >= 0.3 is 0 Å². The van der Waals surface area contributed by atoms with Crippen molar-refractivity contribution >= 4 is 27.7 Å². The van der Waals surface area contributed by atoms with Gasteiger partial charge in [-0.05, 0) is 31.0 Å². The third-order valence-corrected chi connectivity index (χ3v) is 3.72. The lowest BCUT2D eigenvalue weighted by Gasteiger charge is -2.16. The smallest absolute Gasteiger partial charge is 0.225 e. The second-order valence-corrected chi connectivity index (χ2v) is 5.86. The van der Waals surface area contributed by atoms with Crippen LogP contribution >= 0.6 is 15.9 Å². The van der Waals surface area contributed by atoms with Gasteiger partial charge in [-0.2, -0.15) is 0 Å². The van der Waals surface area contributed by atoms with Crippen LogP contribution in [0.25, 0.3) is 0 Å². The number of rotatable bonds is 4. The highest BCUT2D eigenvalue weighted by Gasteiger charge is 2.28. The van der Waals surface area contributed by atoms with Gasteiger partial charge in [-0.3, -0.25) is 9.59 Å². The minimum Gasteiger partial charge on any atom is -0.355 e. The van der Waals surface area contributed by atoms with Gasteiger partial charge in [-0.1, -0.05) is 28.1 Å². The van der Waals surface area contributed by atoms with Crippen molar-refractivity contribution in [1.82, 2.24) is 10.6 Å². The van der Waals surface area contributed by atoms with Gasteiger partial charge in [0.2, 0.25) is 11.8 Å². The molecule has 1 heterocycles. The molecular formula is C14H17BrN2O2. The molecule has 102 valence electrons. The Labute approximate surface area is 121 Å². The maximum Gasteiger partial charge on any atom is 0.225 e. The Morgan fingerprint density at radius 3 is 2.74 bits per heavy atom. The average Bonchev–Trinajstić information content (AvgIpc) is 2.79. The van der Waals surface area contributed by atoms with Crippen molar-refractivity contribution in [2.45, 2.75) is 25.8 Å². The van der Waals surface area contributed by atoms with Crippen LogP contribution in [0.3, 0.4) is 0 Å². The normalized spacial score (nSPS) is 19.9. The zero-order valence-electron chi connectivity index (χ0n) is 10.8. The van der Waals surface area contributed by atoms with Gasteiger partial charge in [0.15, 0.2) is 0 Å². The number of carbonyl (C=O) groups excluding carboxylic acids is 2. The molecule has 5 heteroatoms. The minimum absolute atomic E-state index is 0.0389. The van der Waals surface area contributed by atoms with Crippen LogP contribution < -0.4 is 10.6 Å². The van der Waals surface area contributed by atoms with Crippen molar-refractivity contribution in [2.24, 2.45) is 5.92 Å². The predicted octanol–water partition coefficient (Wildman–Crippen LogP) is 1.63. The Balaban J connectivity index is 1.83. The average molecular weight is 325 g/mol. The molecule has 0 aromatic heterocycles. The van der Waals surface area contributed by atoms with Crippen LogP contribution in [0.15, 0.2) is 28.7 Å². The van der Waals surface area contributed by atoms with E-state index in [2.05, 4.69) is 26.6 Å². The predicted molar refractivity (Wildman–Crippen MR) is 76.6 cm³/mol. The van der Waals surface area contributed by atoms with Crippen molar-refractivity contribution in [3.63, 3.8) is 0 Å². The molecule has 0 aliphatic carbocycles. The SMILES string of the molecule is CC(Cc1ccc(Br)cc1)NC(=O)C1CNC(=O)C1. The fraction of sp³-hybridized carbons (Fsp3) is 0.429. The summed E-state index contributed by atoms with van der Waals surface area (Å²) >= 11 is 3.39. The van der Waals surface area contributed by atoms with Gasteiger partial charge in [-0.15, -0.1) is 0 Å². The summed E-state index contributed by atoms with van der Waals surface area (Å²) in [5.74, 6) is -0.302. The molecule has 0 spiro atoms. The lowest BCUT2D eigenvalue weighted by atomic mass is 10.0. The number of amides is 2. The number of hydrogen-bond donors (Lipinski definition) is 2. The lowest BCUT2D eigenvalue weighted by molar-refractivity contribution is -0.127. The van der Waals surface area contributed by atoms with Gasteiger partial charge in [0, 0.05) is 23.5 Å².